The fourth-order valence-electron chi connectivity index (χ4n) is 2.09. The molecule has 0 unspecified atom stereocenters. The van der Waals surface area contributed by atoms with Crippen LogP contribution in [0.2, 0.25) is 5.02 Å². The molecule has 0 saturated heterocycles. The molecule has 0 aliphatic carbocycles. The van der Waals surface area contributed by atoms with Crippen molar-refractivity contribution >= 4 is 23.2 Å². The first-order valence-corrected chi connectivity index (χ1v) is 7.66. The van der Waals surface area contributed by atoms with E-state index in [9.17, 15) is 4.79 Å². The second-order valence-electron chi connectivity index (χ2n) is 5.07. The number of ether oxygens (including phenoxy) is 1. The maximum absolute atomic E-state index is 11.9. The molecule has 0 aliphatic heterocycles. The second-order valence-corrected chi connectivity index (χ2v) is 5.50. The fourth-order valence-corrected chi connectivity index (χ4v) is 2.32. The molecule has 0 aliphatic rings. The summed E-state index contributed by atoms with van der Waals surface area (Å²) >= 11 is 5.89. The van der Waals surface area contributed by atoms with Crippen molar-refractivity contribution in [3.05, 3.63) is 58.6 Å². The number of benzene rings is 2. The molecule has 1 amide bonds. The van der Waals surface area contributed by atoms with Crippen LogP contribution in [0.1, 0.15) is 24.0 Å². The lowest BCUT2D eigenvalue weighted by Crippen LogP contribution is -2.13. The molecule has 2 rings (SSSR count). The van der Waals surface area contributed by atoms with Crippen LogP contribution in [-0.2, 0) is 4.79 Å². The topological polar surface area (TPSA) is 62.1 Å². The van der Waals surface area contributed by atoms with Crippen LogP contribution in [0.5, 0.6) is 5.75 Å². The molecular formula is C18H17ClN2O2. The van der Waals surface area contributed by atoms with Crippen LogP contribution in [0.4, 0.5) is 5.69 Å². The van der Waals surface area contributed by atoms with E-state index in [1.54, 1.807) is 30.3 Å². The van der Waals surface area contributed by atoms with Gasteiger partial charge in [0.15, 0.2) is 0 Å². The minimum Gasteiger partial charge on any atom is -0.493 e. The Morgan fingerprint density at radius 3 is 2.83 bits per heavy atom. The molecule has 0 saturated carbocycles. The van der Waals surface area contributed by atoms with Crippen LogP contribution in [-0.4, -0.2) is 12.5 Å². The van der Waals surface area contributed by atoms with Crippen molar-refractivity contribution in [2.75, 3.05) is 11.9 Å². The van der Waals surface area contributed by atoms with Crippen molar-refractivity contribution in [3.8, 4) is 11.8 Å². The Balaban J connectivity index is 1.78. The third-order valence-corrected chi connectivity index (χ3v) is 3.50. The van der Waals surface area contributed by atoms with Crippen LogP contribution in [0.3, 0.4) is 0 Å². The van der Waals surface area contributed by atoms with Gasteiger partial charge in [-0.05, 0) is 49.2 Å². The number of aryl methyl sites for hydroxylation is 1. The highest BCUT2D eigenvalue weighted by Gasteiger charge is 2.06. The zero-order chi connectivity index (χ0) is 16.7. The standard InChI is InChI=1S/C18H17ClN2O2/c1-13-11-15(19)8-9-17(13)23-10-4-7-18(22)21-16-6-3-2-5-14(16)12-20/h2-3,5-6,8-9,11H,4,7,10H2,1H3,(H,21,22). The predicted molar refractivity (Wildman–Crippen MR) is 90.7 cm³/mol. The van der Waals surface area contributed by atoms with Crippen molar-refractivity contribution in [1.82, 2.24) is 0 Å². The Morgan fingerprint density at radius 1 is 1.30 bits per heavy atom. The SMILES string of the molecule is Cc1cc(Cl)ccc1OCCCC(=O)Nc1ccccc1C#N. The van der Waals surface area contributed by atoms with E-state index in [-0.39, 0.29) is 5.91 Å². The number of hydrogen-bond acceptors (Lipinski definition) is 3. The van der Waals surface area contributed by atoms with E-state index in [0.717, 1.165) is 11.3 Å². The summed E-state index contributed by atoms with van der Waals surface area (Å²) in [4.78, 5) is 11.9. The van der Waals surface area contributed by atoms with Gasteiger partial charge in [-0.3, -0.25) is 4.79 Å². The van der Waals surface area contributed by atoms with Crippen LogP contribution in [0.15, 0.2) is 42.5 Å². The zero-order valence-electron chi connectivity index (χ0n) is 12.8. The molecule has 0 bridgehead atoms. The average Bonchev–Trinajstić information content (AvgIpc) is 2.53. The Morgan fingerprint density at radius 2 is 2.09 bits per heavy atom. The molecule has 2 aromatic carbocycles. The molecular weight excluding hydrogens is 312 g/mol. The third kappa shape index (κ3) is 5.01. The first-order chi connectivity index (χ1) is 11.1. The number of nitriles is 1. The number of anilines is 1. The van der Waals surface area contributed by atoms with Gasteiger partial charge in [0.25, 0.3) is 0 Å². The predicted octanol–water partition coefficient (Wildman–Crippen LogP) is 4.32. The molecule has 23 heavy (non-hydrogen) atoms. The minimum atomic E-state index is -0.135. The Kier molecular flexibility index (Phi) is 6.02. The van der Waals surface area contributed by atoms with Gasteiger partial charge in [0.2, 0.25) is 5.91 Å². The fraction of sp³-hybridized carbons (Fsp3) is 0.222. The lowest BCUT2D eigenvalue weighted by molar-refractivity contribution is -0.116. The number of nitrogens with zero attached hydrogens (tertiary/aromatic N) is 1. The van der Waals surface area contributed by atoms with Gasteiger partial charge in [0, 0.05) is 11.4 Å². The van der Waals surface area contributed by atoms with Gasteiger partial charge < -0.3 is 10.1 Å². The van der Waals surface area contributed by atoms with Crippen molar-refractivity contribution < 1.29 is 9.53 Å². The summed E-state index contributed by atoms with van der Waals surface area (Å²) < 4.78 is 5.65. The smallest absolute Gasteiger partial charge is 0.224 e. The van der Waals surface area contributed by atoms with Crippen molar-refractivity contribution in [2.45, 2.75) is 19.8 Å². The van der Waals surface area contributed by atoms with Gasteiger partial charge in [0.1, 0.15) is 11.8 Å². The summed E-state index contributed by atoms with van der Waals surface area (Å²) in [5.74, 6) is 0.633. The van der Waals surface area contributed by atoms with E-state index < -0.39 is 0 Å². The Bertz CT molecular complexity index is 738. The number of hydrogen-bond donors (Lipinski definition) is 1. The van der Waals surface area contributed by atoms with Gasteiger partial charge in [-0.15, -0.1) is 0 Å². The van der Waals surface area contributed by atoms with Gasteiger partial charge >= 0.3 is 0 Å². The van der Waals surface area contributed by atoms with Crippen molar-refractivity contribution in [2.24, 2.45) is 0 Å². The largest absolute Gasteiger partial charge is 0.493 e. The molecule has 2 aromatic rings. The second kappa shape index (κ2) is 8.21. The molecule has 0 heterocycles. The van der Waals surface area contributed by atoms with Crippen molar-refractivity contribution in [1.29, 1.82) is 5.26 Å². The van der Waals surface area contributed by atoms with Crippen LogP contribution in [0.25, 0.3) is 0 Å². The first kappa shape index (κ1) is 16.9. The van der Waals surface area contributed by atoms with Crippen molar-refractivity contribution in [3.63, 3.8) is 0 Å². The summed E-state index contributed by atoms with van der Waals surface area (Å²) in [6.07, 6.45) is 0.912. The number of nitrogens with one attached hydrogen (secondary N) is 1. The highest BCUT2D eigenvalue weighted by molar-refractivity contribution is 6.30. The lowest BCUT2D eigenvalue weighted by Gasteiger charge is -2.10. The Labute approximate surface area is 140 Å². The highest BCUT2D eigenvalue weighted by Crippen LogP contribution is 2.22. The summed E-state index contributed by atoms with van der Waals surface area (Å²) in [6, 6.07) is 14.4. The average molecular weight is 329 g/mol. The number of carbonyl (C=O) groups excluding carboxylic acids is 1. The van der Waals surface area contributed by atoms with E-state index in [4.69, 9.17) is 21.6 Å². The lowest BCUT2D eigenvalue weighted by atomic mass is 10.2. The summed E-state index contributed by atoms with van der Waals surface area (Å²) in [6.45, 7) is 2.36. The van der Waals surface area contributed by atoms with E-state index in [1.165, 1.54) is 0 Å². The van der Waals surface area contributed by atoms with Gasteiger partial charge in [0.05, 0.1) is 17.9 Å². The zero-order valence-corrected chi connectivity index (χ0v) is 13.6. The van der Waals surface area contributed by atoms with Crippen LogP contribution >= 0.6 is 11.6 Å². The molecule has 0 fully saturated rings. The molecule has 0 spiro atoms. The molecule has 1 N–H and O–H groups in total. The summed E-state index contributed by atoms with van der Waals surface area (Å²) in [5, 5.41) is 12.4. The highest BCUT2D eigenvalue weighted by atomic mass is 35.5. The van der Waals surface area contributed by atoms with E-state index in [0.29, 0.717) is 35.7 Å². The minimum absolute atomic E-state index is 0.135. The number of para-hydroxylation sites is 1. The van der Waals surface area contributed by atoms with Crippen LogP contribution in [0, 0.1) is 18.3 Å². The maximum Gasteiger partial charge on any atom is 0.224 e. The molecule has 118 valence electrons. The van der Waals surface area contributed by atoms with Crippen LogP contribution < -0.4 is 10.1 Å². The monoisotopic (exact) mass is 328 g/mol. The first-order valence-electron chi connectivity index (χ1n) is 7.28. The number of carbonyl (C=O) groups is 1. The Hall–Kier alpha value is -2.51. The summed E-state index contributed by atoms with van der Waals surface area (Å²) in [5.41, 5.74) is 1.95. The molecule has 0 atom stereocenters. The third-order valence-electron chi connectivity index (χ3n) is 3.26. The maximum atomic E-state index is 11.9. The van der Waals surface area contributed by atoms with E-state index >= 15 is 0 Å². The number of amides is 1. The molecule has 4 nitrogen and oxygen atoms in total. The number of rotatable bonds is 6. The van der Waals surface area contributed by atoms with Gasteiger partial charge in [-0.1, -0.05) is 23.7 Å². The van der Waals surface area contributed by atoms with Gasteiger partial charge in [-0.2, -0.15) is 5.26 Å². The molecule has 0 aromatic heterocycles. The normalized spacial score (nSPS) is 9.96. The molecule has 0 radical (unpaired) electrons. The van der Waals surface area contributed by atoms with Gasteiger partial charge in [-0.25, -0.2) is 0 Å². The molecule has 5 heteroatoms. The number of halogens is 1. The van der Waals surface area contributed by atoms with E-state index in [1.807, 2.05) is 19.1 Å². The summed E-state index contributed by atoms with van der Waals surface area (Å²) in [7, 11) is 0. The quantitative estimate of drug-likeness (QED) is 0.803. The van der Waals surface area contributed by atoms with E-state index in [2.05, 4.69) is 11.4 Å².